The van der Waals surface area contributed by atoms with Crippen molar-refractivity contribution in [2.75, 3.05) is 7.05 Å². The SMILES string of the molecule is CC(C)Cc1nn(C)c(=O)c2c1=C[N+](C)(c1cc(F)cc(F)c1)C=2. The van der Waals surface area contributed by atoms with Crippen LogP contribution in [0.4, 0.5) is 14.5 Å². The van der Waals surface area contributed by atoms with Gasteiger partial charge in [-0.1, -0.05) is 13.8 Å². The largest absolute Gasteiger partial charge is 0.279 e. The van der Waals surface area contributed by atoms with Gasteiger partial charge in [0.1, 0.15) is 34.9 Å². The molecule has 3 rings (SSSR count). The van der Waals surface area contributed by atoms with Crippen LogP contribution in [0.1, 0.15) is 19.5 Å². The van der Waals surface area contributed by atoms with Gasteiger partial charge in [0.25, 0.3) is 5.56 Å². The van der Waals surface area contributed by atoms with Crippen LogP contribution in [0.3, 0.4) is 0 Å². The van der Waals surface area contributed by atoms with Crippen molar-refractivity contribution in [2.45, 2.75) is 20.3 Å². The summed E-state index contributed by atoms with van der Waals surface area (Å²) in [6.45, 7) is 4.15. The summed E-state index contributed by atoms with van der Waals surface area (Å²) in [6, 6.07) is 3.40. The molecule has 126 valence electrons. The number of rotatable bonds is 3. The first-order chi connectivity index (χ1) is 11.2. The molecule has 0 spiro atoms. The summed E-state index contributed by atoms with van der Waals surface area (Å²) in [4.78, 5) is 12.4. The molecule has 1 aliphatic rings. The van der Waals surface area contributed by atoms with Gasteiger partial charge in [0, 0.05) is 25.2 Å². The standard InChI is InChI=1S/C18H20F2N3O/c1-11(2)5-17-15-9-23(4,10-16(15)18(24)22(3)21-17)14-7-12(19)6-13(20)8-14/h6-11H,5H2,1-4H3/q+1. The summed E-state index contributed by atoms with van der Waals surface area (Å²) in [5, 5.41) is 5.65. The maximum atomic E-state index is 13.6. The zero-order valence-corrected chi connectivity index (χ0v) is 14.2. The Hall–Kier alpha value is -2.34. The smallest absolute Gasteiger partial charge is 0.267 e. The molecule has 6 heteroatoms. The van der Waals surface area contributed by atoms with E-state index in [2.05, 4.69) is 18.9 Å². The van der Waals surface area contributed by atoms with Gasteiger partial charge in [-0.25, -0.2) is 17.9 Å². The predicted molar refractivity (Wildman–Crippen MR) is 90.3 cm³/mol. The van der Waals surface area contributed by atoms with Crippen LogP contribution in [0.15, 0.2) is 23.0 Å². The molecule has 1 unspecified atom stereocenters. The topological polar surface area (TPSA) is 34.9 Å². The quantitative estimate of drug-likeness (QED) is 0.796. The lowest BCUT2D eigenvalue weighted by atomic mass is 10.1. The third kappa shape index (κ3) is 2.78. The molecule has 0 saturated carbocycles. The highest BCUT2D eigenvalue weighted by atomic mass is 19.1. The molecule has 0 bridgehead atoms. The van der Waals surface area contributed by atoms with Gasteiger partial charge < -0.3 is 0 Å². The van der Waals surface area contributed by atoms with Crippen molar-refractivity contribution in [1.29, 1.82) is 0 Å². The molecule has 2 heterocycles. The number of aromatic nitrogens is 2. The van der Waals surface area contributed by atoms with Crippen LogP contribution in [0.5, 0.6) is 0 Å². The van der Waals surface area contributed by atoms with Gasteiger partial charge in [-0.2, -0.15) is 5.10 Å². The van der Waals surface area contributed by atoms with Crippen LogP contribution in [-0.2, 0) is 13.5 Å². The second kappa shape index (κ2) is 5.63. The molecule has 0 amide bonds. The van der Waals surface area contributed by atoms with Crippen molar-refractivity contribution in [3.8, 4) is 0 Å². The highest BCUT2D eigenvalue weighted by Crippen LogP contribution is 2.26. The summed E-state index contributed by atoms with van der Waals surface area (Å²) in [5.41, 5.74) is 1.02. The maximum absolute atomic E-state index is 13.6. The van der Waals surface area contributed by atoms with E-state index in [9.17, 15) is 13.6 Å². The molecular weight excluding hydrogens is 312 g/mol. The first kappa shape index (κ1) is 16.5. The number of quaternary nitrogens is 1. The van der Waals surface area contributed by atoms with E-state index in [4.69, 9.17) is 0 Å². The molecule has 0 fully saturated rings. The minimum absolute atomic E-state index is 0.0239. The Morgan fingerprint density at radius 3 is 2.29 bits per heavy atom. The van der Waals surface area contributed by atoms with E-state index in [1.807, 2.05) is 6.20 Å². The monoisotopic (exact) mass is 332 g/mol. The number of nitrogens with zero attached hydrogens (tertiary/aromatic N) is 3. The summed E-state index contributed by atoms with van der Waals surface area (Å²) in [5.74, 6) is -0.912. The number of aryl methyl sites for hydroxylation is 1. The number of hydrogen-bond acceptors (Lipinski definition) is 2. The van der Waals surface area contributed by atoms with Crippen molar-refractivity contribution in [2.24, 2.45) is 13.0 Å². The molecule has 0 saturated heterocycles. The third-order valence-electron chi connectivity index (χ3n) is 4.20. The zero-order valence-electron chi connectivity index (χ0n) is 14.2. The van der Waals surface area contributed by atoms with Gasteiger partial charge >= 0.3 is 0 Å². The minimum atomic E-state index is -0.643. The van der Waals surface area contributed by atoms with Crippen molar-refractivity contribution in [3.05, 3.63) is 56.3 Å². The molecule has 24 heavy (non-hydrogen) atoms. The minimum Gasteiger partial charge on any atom is -0.267 e. The summed E-state index contributed by atoms with van der Waals surface area (Å²) in [7, 11) is 3.40. The average Bonchev–Trinajstić information content (AvgIpc) is 2.83. The lowest BCUT2D eigenvalue weighted by Gasteiger charge is -2.22. The van der Waals surface area contributed by atoms with Crippen molar-refractivity contribution in [3.63, 3.8) is 0 Å². The van der Waals surface area contributed by atoms with Gasteiger partial charge in [0.2, 0.25) is 0 Å². The molecule has 1 aliphatic heterocycles. The van der Waals surface area contributed by atoms with Crippen LogP contribution in [0, 0.1) is 17.6 Å². The Kier molecular flexibility index (Phi) is 3.87. The third-order valence-corrected chi connectivity index (χ3v) is 4.20. The first-order valence-electron chi connectivity index (χ1n) is 7.84. The highest BCUT2D eigenvalue weighted by Gasteiger charge is 2.29. The van der Waals surface area contributed by atoms with E-state index in [-0.39, 0.29) is 10.0 Å². The van der Waals surface area contributed by atoms with Crippen LogP contribution in [0.2, 0.25) is 0 Å². The van der Waals surface area contributed by atoms with Crippen LogP contribution >= 0.6 is 0 Å². The van der Waals surface area contributed by atoms with E-state index < -0.39 is 11.6 Å². The van der Waals surface area contributed by atoms with Crippen molar-refractivity contribution in [1.82, 2.24) is 14.3 Å². The predicted octanol–water partition coefficient (Wildman–Crippen LogP) is 1.38. The van der Waals surface area contributed by atoms with E-state index in [1.54, 1.807) is 20.3 Å². The molecule has 1 aromatic heterocycles. The fraction of sp³-hybridized carbons (Fsp3) is 0.333. The van der Waals surface area contributed by atoms with Crippen LogP contribution in [-0.4, -0.2) is 16.8 Å². The van der Waals surface area contributed by atoms with Crippen LogP contribution < -0.4 is 20.5 Å². The Bertz CT molecular complexity index is 974. The Labute approximate surface area is 138 Å². The van der Waals surface area contributed by atoms with Crippen molar-refractivity contribution < 1.29 is 8.78 Å². The van der Waals surface area contributed by atoms with Crippen molar-refractivity contribution >= 4 is 18.1 Å². The summed E-state index contributed by atoms with van der Waals surface area (Å²) in [6.07, 6.45) is 4.27. The Morgan fingerprint density at radius 1 is 1.12 bits per heavy atom. The molecule has 0 radical (unpaired) electrons. The fourth-order valence-electron chi connectivity index (χ4n) is 3.07. The van der Waals surface area contributed by atoms with Crippen LogP contribution in [0.25, 0.3) is 12.4 Å². The number of benzene rings is 1. The van der Waals surface area contributed by atoms with Gasteiger partial charge in [-0.05, 0) is 12.3 Å². The second-order valence-electron chi connectivity index (χ2n) is 6.83. The lowest BCUT2D eigenvalue weighted by Crippen LogP contribution is -2.46. The van der Waals surface area contributed by atoms with E-state index in [1.165, 1.54) is 16.8 Å². The molecule has 4 nitrogen and oxygen atoms in total. The molecular formula is C18H20F2N3O+. The molecule has 2 aromatic rings. The summed E-state index contributed by atoms with van der Waals surface area (Å²) < 4.78 is 28.6. The maximum Gasteiger partial charge on any atom is 0.279 e. The molecule has 1 atom stereocenters. The molecule has 0 aliphatic carbocycles. The molecule has 0 N–H and O–H groups in total. The average molecular weight is 332 g/mol. The molecule has 1 aromatic carbocycles. The van der Waals surface area contributed by atoms with Gasteiger partial charge in [-0.3, -0.25) is 4.79 Å². The Morgan fingerprint density at radius 2 is 1.71 bits per heavy atom. The van der Waals surface area contributed by atoms with E-state index >= 15 is 0 Å². The number of fused-ring (bicyclic) bond motifs is 1. The van der Waals surface area contributed by atoms with Gasteiger partial charge in [0.15, 0.2) is 0 Å². The van der Waals surface area contributed by atoms with E-state index in [0.29, 0.717) is 16.8 Å². The first-order valence-corrected chi connectivity index (χ1v) is 7.84. The lowest BCUT2D eigenvalue weighted by molar-refractivity contribution is 0.573. The number of hydrogen-bond donors (Lipinski definition) is 0. The summed E-state index contributed by atoms with van der Waals surface area (Å²) >= 11 is 0. The van der Waals surface area contributed by atoms with E-state index in [0.717, 1.165) is 23.4 Å². The zero-order chi connectivity index (χ0) is 17.6. The number of halogens is 2. The van der Waals surface area contributed by atoms with Gasteiger partial charge in [-0.15, -0.1) is 0 Å². The van der Waals surface area contributed by atoms with Gasteiger partial charge in [0.05, 0.1) is 18.0 Å². The fourth-order valence-corrected chi connectivity index (χ4v) is 3.07. The highest BCUT2D eigenvalue weighted by molar-refractivity contribution is 5.67. The normalized spacial score (nSPS) is 19.1. The second-order valence-corrected chi connectivity index (χ2v) is 6.83. The Balaban J connectivity index is 2.28.